The van der Waals surface area contributed by atoms with Crippen molar-refractivity contribution in [2.45, 2.75) is 36.5 Å². The van der Waals surface area contributed by atoms with Gasteiger partial charge in [-0.1, -0.05) is 79.4 Å². The summed E-state index contributed by atoms with van der Waals surface area (Å²) in [5.74, 6) is -1.52. The standard InChI is InChI=1S/C17H18BrNO4S.C16H16BrNO4S/c1-13-6-8-16(9-7-13)24(21,22)19(11-10-17(20)23-2)15-5-3-4-14(18)12-15;1-12-5-7-15(8-6-12)23(21,22)18(10-9-16(19)20)14-4-2-3-13(17)11-14/h3-9,12H,10-11H2,1-2H3;2-8,11H,9-10H2,1H3,(H,19,20). The minimum Gasteiger partial charge on any atom is -0.481 e. The zero-order valence-electron chi connectivity index (χ0n) is 25.8. The van der Waals surface area contributed by atoms with Gasteiger partial charge in [-0.15, -0.1) is 0 Å². The molecule has 1 N–H and O–H groups in total. The molecule has 0 unspecified atom stereocenters. The summed E-state index contributed by atoms with van der Waals surface area (Å²) in [6, 6.07) is 26.8. The first-order chi connectivity index (χ1) is 22.1. The lowest BCUT2D eigenvalue weighted by Crippen LogP contribution is -2.33. The van der Waals surface area contributed by atoms with E-state index in [1.165, 1.54) is 23.5 Å². The molecule has 4 rings (SSSR count). The number of aliphatic carboxylic acids is 1. The van der Waals surface area contributed by atoms with Crippen molar-refractivity contribution in [3.63, 3.8) is 0 Å². The zero-order valence-corrected chi connectivity index (χ0v) is 30.6. The molecule has 0 atom stereocenters. The van der Waals surface area contributed by atoms with Gasteiger partial charge in [0.2, 0.25) is 0 Å². The highest BCUT2D eigenvalue weighted by Crippen LogP contribution is 2.28. The molecule has 0 heterocycles. The minimum atomic E-state index is -3.83. The second-order valence-electron chi connectivity index (χ2n) is 10.2. The van der Waals surface area contributed by atoms with Gasteiger partial charge in [0.1, 0.15) is 0 Å². The number of nitrogens with zero attached hydrogens (tertiary/aromatic N) is 2. The Balaban J connectivity index is 0.000000256. The van der Waals surface area contributed by atoms with Gasteiger partial charge >= 0.3 is 11.9 Å². The van der Waals surface area contributed by atoms with E-state index >= 15 is 0 Å². The molecular weight excluding hydrogens is 776 g/mol. The molecule has 0 saturated carbocycles. The van der Waals surface area contributed by atoms with Gasteiger partial charge in [-0.25, -0.2) is 16.8 Å². The van der Waals surface area contributed by atoms with Gasteiger partial charge in [-0.2, -0.15) is 0 Å². The number of sulfonamides is 2. The number of halogens is 2. The van der Waals surface area contributed by atoms with Gasteiger partial charge < -0.3 is 9.84 Å². The highest BCUT2D eigenvalue weighted by molar-refractivity contribution is 9.10. The Morgan fingerprint density at radius 1 is 0.660 bits per heavy atom. The zero-order chi connectivity index (χ0) is 34.8. The van der Waals surface area contributed by atoms with Crippen LogP contribution < -0.4 is 8.61 Å². The molecule has 14 heteroatoms. The van der Waals surface area contributed by atoms with Gasteiger partial charge in [0, 0.05) is 22.0 Å². The third-order valence-corrected chi connectivity index (χ3v) is 11.4. The largest absolute Gasteiger partial charge is 0.481 e. The second kappa shape index (κ2) is 16.9. The van der Waals surface area contributed by atoms with E-state index in [0.29, 0.717) is 11.4 Å². The van der Waals surface area contributed by atoms with Crippen LogP contribution in [0.2, 0.25) is 0 Å². The fourth-order valence-corrected chi connectivity index (χ4v) is 7.89. The summed E-state index contributed by atoms with van der Waals surface area (Å²) in [6.07, 6.45) is -0.314. The molecule has 0 aromatic heterocycles. The molecule has 0 bridgehead atoms. The van der Waals surface area contributed by atoms with Crippen molar-refractivity contribution < 1.29 is 36.3 Å². The average molecular weight is 811 g/mol. The Kier molecular flexibility index (Phi) is 13.6. The van der Waals surface area contributed by atoms with E-state index in [2.05, 4.69) is 36.6 Å². The third-order valence-electron chi connectivity index (χ3n) is 6.69. The number of hydrogen-bond donors (Lipinski definition) is 1. The maximum absolute atomic E-state index is 13.0. The summed E-state index contributed by atoms with van der Waals surface area (Å²) in [7, 11) is -6.34. The van der Waals surface area contributed by atoms with Crippen molar-refractivity contribution in [1.82, 2.24) is 0 Å². The van der Waals surface area contributed by atoms with Crippen molar-refractivity contribution in [2.24, 2.45) is 0 Å². The van der Waals surface area contributed by atoms with Crippen LogP contribution in [-0.4, -0.2) is 54.1 Å². The van der Waals surface area contributed by atoms with Crippen LogP contribution in [0, 0.1) is 13.8 Å². The number of benzene rings is 4. The van der Waals surface area contributed by atoms with Crippen LogP contribution in [0.15, 0.2) is 116 Å². The number of rotatable bonds is 12. The normalized spacial score (nSPS) is 11.2. The number of carboxylic acids is 1. The molecule has 10 nitrogen and oxygen atoms in total. The van der Waals surface area contributed by atoms with Crippen LogP contribution in [0.1, 0.15) is 24.0 Å². The Hall–Kier alpha value is -3.72. The molecule has 0 radical (unpaired) electrons. The highest BCUT2D eigenvalue weighted by Gasteiger charge is 2.27. The van der Waals surface area contributed by atoms with E-state index in [0.717, 1.165) is 24.4 Å². The summed E-state index contributed by atoms with van der Waals surface area (Å²) < 4.78 is 60.2. The van der Waals surface area contributed by atoms with E-state index in [1.54, 1.807) is 84.9 Å². The molecule has 0 amide bonds. The van der Waals surface area contributed by atoms with E-state index in [-0.39, 0.29) is 35.7 Å². The molecule has 0 saturated heterocycles. The lowest BCUT2D eigenvalue weighted by molar-refractivity contribution is -0.140. The monoisotopic (exact) mass is 808 g/mol. The predicted molar refractivity (Wildman–Crippen MR) is 189 cm³/mol. The van der Waals surface area contributed by atoms with Crippen LogP contribution >= 0.6 is 31.9 Å². The number of aryl methyl sites for hydroxylation is 2. The van der Waals surface area contributed by atoms with Crippen LogP contribution in [0.25, 0.3) is 0 Å². The smallest absolute Gasteiger partial charge is 0.307 e. The van der Waals surface area contributed by atoms with Crippen molar-refractivity contribution in [3.05, 3.63) is 117 Å². The molecule has 0 fully saturated rings. The predicted octanol–water partition coefficient (Wildman–Crippen LogP) is 6.94. The Morgan fingerprint density at radius 3 is 1.38 bits per heavy atom. The number of carbonyl (C=O) groups excluding carboxylic acids is 1. The van der Waals surface area contributed by atoms with Crippen molar-refractivity contribution in [1.29, 1.82) is 0 Å². The number of esters is 1. The number of hydrogen-bond acceptors (Lipinski definition) is 7. The molecule has 0 aliphatic rings. The summed E-state index contributed by atoms with van der Waals surface area (Å²) in [5.41, 5.74) is 2.82. The van der Waals surface area contributed by atoms with Crippen molar-refractivity contribution >= 4 is 75.2 Å². The van der Waals surface area contributed by atoms with Gasteiger partial charge in [-0.05, 0) is 74.5 Å². The Labute approximate surface area is 292 Å². The molecule has 47 heavy (non-hydrogen) atoms. The molecule has 0 aliphatic carbocycles. The molecular formula is C33H34Br2N2O8S2. The minimum absolute atomic E-state index is 0.000658. The Bertz CT molecular complexity index is 1900. The SMILES string of the molecule is COC(=O)CCN(c1cccc(Br)c1)S(=O)(=O)c1ccc(C)cc1.Cc1ccc(S(=O)(=O)N(CCC(=O)O)c2cccc(Br)c2)cc1. The summed E-state index contributed by atoms with van der Waals surface area (Å²) in [4.78, 5) is 22.7. The maximum atomic E-state index is 13.0. The number of anilines is 2. The quantitative estimate of drug-likeness (QED) is 0.152. The number of carboxylic acid groups (broad SMARTS) is 1. The van der Waals surface area contributed by atoms with E-state index in [1.807, 2.05) is 13.8 Å². The maximum Gasteiger partial charge on any atom is 0.307 e. The van der Waals surface area contributed by atoms with Crippen LogP contribution in [0.5, 0.6) is 0 Å². The fourth-order valence-electron chi connectivity index (χ4n) is 4.21. The number of carbonyl (C=O) groups is 2. The lowest BCUT2D eigenvalue weighted by Gasteiger charge is -2.24. The second-order valence-corrected chi connectivity index (χ2v) is 15.8. The first kappa shape index (κ1) is 37.7. The van der Waals surface area contributed by atoms with Gasteiger partial charge in [0.05, 0.1) is 41.1 Å². The molecule has 250 valence electrons. The third kappa shape index (κ3) is 10.6. The summed E-state index contributed by atoms with van der Waals surface area (Å²) >= 11 is 6.65. The van der Waals surface area contributed by atoms with Crippen LogP contribution in [0.4, 0.5) is 11.4 Å². The van der Waals surface area contributed by atoms with Gasteiger partial charge in [-0.3, -0.25) is 18.2 Å². The van der Waals surface area contributed by atoms with E-state index in [4.69, 9.17) is 5.11 Å². The van der Waals surface area contributed by atoms with E-state index < -0.39 is 32.0 Å². The molecule has 4 aromatic rings. The van der Waals surface area contributed by atoms with Gasteiger partial charge in [0.25, 0.3) is 20.0 Å². The first-order valence-electron chi connectivity index (χ1n) is 14.1. The lowest BCUT2D eigenvalue weighted by atomic mass is 10.2. The number of ether oxygens (including phenoxy) is 1. The average Bonchev–Trinajstić information content (AvgIpc) is 3.01. The van der Waals surface area contributed by atoms with Crippen LogP contribution in [0.3, 0.4) is 0 Å². The van der Waals surface area contributed by atoms with E-state index in [9.17, 15) is 26.4 Å². The van der Waals surface area contributed by atoms with Crippen molar-refractivity contribution in [2.75, 3.05) is 28.8 Å². The van der Waals surface area contributed by atoms with Crippen LogP contribution in [-0.2, 0) is 34.4 Å². The molecule has 0 spiro atoms. The topological polar surface area (TPSA) is 138 Å². The molecule has 4 aromatic carbocycles. The summed E-state index contributed by atoms with van der Waals surface area (Å²) in [6.45, 7) is 3.62. The first-order valence-corrected chi connectivity index (χ1v) is 18.6. The number of methoxy groups -OCH3 is 1. The Morgan fingerprint density at radius 2 is 1.04 bits per heavy atom. The summed E-state index contributed by atoms with van der Waals surface area (Å²) in [5, 5.41) is 8.91. The fraction of sp³-hybridized carbons (Fsp3) is 0.212. The highest BCUT2D eigenvalue weighted by atomic mass is 79.9. The van der Waals surface area contributed by atoms with Crippen molar-refractivity contribution in [3.8, 4) is 0 Å². The van der Waals surface area contributed by atoms with Gasteiger partial charge in [0.15, 0.2) is 0 Å². The molecule has 0 aliphatic heterocycles.